The Morgan fingerprint density at radius 1 is 1.10 bits per heavy atom. The molecule has 164 valence electrons. The number of hydrogen-bond donors (Lipinski definition) is 1. The molecule has 4 fully saturated rings. The minimum Gasteiger partial charge on any atom is -0.459 e. The van der Waals surface area contributed by atoms with Crippen LogP contribution >= 0.6 is 0 Å². The molecule has 4 aliphatic rings. The molecule has 6 unspecified atom stereocenters. The lowest BCUT2D eigenvalue weighted by Crippen LogP contribution is -2.48. The van der Waals surface area contributed by atoms with E-state index in [4.69, 9.17) is 4.74 Å². The molecular weight excluding hydrogens is 417 g/mol. The Morgan fingerprint density at radius 2 is 1.79 bits per heavy atom. The minimum atomic E-state index is -4.71. The normalized spacial score (nSPS) is 38.2. The highest BCUT2D eigenvalue weighted by Gasteiger charge is 2.70. The van der Waals surface area contributed by atoms with Crippen molar-refractivity contribution in [2.75, 3.05) is 26.2 Å². The van der Waals surface area contributed by atoms with Crippen LogP contribution in [0.3, 0.4) is 0 Å². The van der Waals surface area contributed by atoms with Crippen molar-refractivity contribution in [2.45, 2.75) is 49.3 Å². The zero-order chi connectivity index (χ0) is 21.0. The van der Waals surface area contributed by atoms with Gasteiger partial charge in [-0.2, -0.15) is 13.2 Å². The van der Waals surface area contributed by atoms with Gasteiger partial charge in [-0.25, -0.2) is 13.1 Å². The zero-order valence-electron chi connectivity index (χ0n) is 15.6. The lowest BCUT2D eigenvalue weighted by molar-refractivity contribution is -0.191. The highest BCUT2D eigenvalue weighted by Crippen LogP contribution is 2.56. The largest absolute Gasteiger partial charge is 0.459 e. The maximum Gasteiger partial charge on any atom is 0.422 e. The van der Waals surface area contributed by atoms with Crippen LogP contribution in [-0.2, 0) is 29.1 Å². The third-order valence-corrected chi connectivity index (χ3v) is 8.36. The van der Waals surface area contributed by atoms with Gasteiger partial charge in [-0.05, 0) is 38.3 Å². The number of fused-ring (bicyclic) bond motifs is 1. The molecule has 2 heterocycles. The molecule has 2 saturated carbocycles. The van der Waals surface area contributed by atoms with E-state index in [1.165, 1.54) is 0 Å². The second kappa shape index (κ2) is 7.38. The monoisotopic (exact) mass is 440 g/mol. The number of carbonyl (C=O) groups is 2. The first-order valence-corrected chi connectivity index (χ1v) is 11.3. The van der Waals surface area contributed by atoms with Crippen molar-refractivity contribution >= 4 is 22.0 Å². The molecule has 29 heavy (non-hydrogen) atoms. The standard InChI is InChI=1S/C17H23F3N2O6S/c18-17(19,20)8-27-16(24)12-9-6-10-13(21-29(25,26)15(10)12)14(9)28-11(23)7-22-4-2-1-3-5-22/h9-10,12-15,21H,1-8H2. The summed E-state index contributed by atoms with van der Waals surface area (Å²) in [7, 11) is -3.91. The molecule has 2 bridgehead atoms. The van der Waals surface area contributed by atoms with Gasteiger partial charge in [0, 0.05) is 5.92 Å². The number of piperidine rings is 1. The molecular formula is C17H23F3N2O6S. The number of likely N-dealkylation sites (tertiary alicyclic amines) is 1. The molecule has 12 heteroatoms. The van der Waals surface area contributed by atoms with Gasteiger partial charge in [-0.3, -0.25) is 14.5 Å². The molecule has 4 rings (SSSR count). The van der Waals surface area contributed by atoms with Crippen LogP contribution in [0.4, 0.5) is 13.2 Å². The number of hydrogen-bond acceptors (Lipinski definition) is 7. The second-order valence-corrected chi connectivity index (χ2v) is 10.1. The first-order valence-electron chi connectivity index (χ1n) is 9.73. The first-order chi connectivity index (χ1) is 13.6. The number of rotatable bonds is 5. The van der Waals surface area contributed by atoms with Crippen molar-refractivity contribution in [3.8, 4) is 0 Å². The lowest BCUT2D eigenvalue weighted by Gasteiger charge is -2.32. The van der Waals surface area contributed by atoms with Gasteiger partial charge < -0.3 is 9.47 Å². The summed E-state index contributed by atoms with van der Waals surface area (Å²) in [5.41, 5.74) is 0. The third kappa shape index (κ3) is 3.98. The number of halogens is 3. The van der Waals surface area contributed by atoms with E-state index in [1.807, 2.05) is 4.90 Å². The SMILES string of the molecule is O=C(CN1CCCCC1)OC1C2CC3C1NS(=O)(=O)C3C2C(=O)OCC(F)(F)F. The smallest absolute Gasteiger partial charge is 0.422 e. The van der Waals surface area contributed by atoms with Crippen molar-refractivity contribution in [3.05, 3.63) is 0 Å². The average Bonchev–Trinajstić information content (AvgIpc) is 3.22. The van der Waals surface area contributed by atoms with Crippen molar-refractivity contribution < 1.29 is 40.7 Å². The van der Waals surface area contributed by atoms with Crippen molar-refractivity contribution in [1.29, 1.82) is 0 Å². The lowest BCUT2D eigenvalue weighted by atomic mass is 9.83. The molecule has 0 radical (unpaired) electrons. The molecule has 0 aromatic heterocycles. The van der Waals surface area contributed by atoms with Crippen LogP contribution in [0.25, 0.3) is 0 Å². The van der Waals surface area contributed by atoms with Crippen molar-refractivity contribution in [2.24, 2.45) is 17.8 Å². The summed E-state index contributed by atoms with van der Waals surface area (Å²) < 4.78 is 74.5. The Kier molecular flexibility index (Phi) is 5.31. The second-order valence-electron chi connectivity index (χ2n) is 8.26. The van der Waals surface area contributed by atoms with Gasteiger partial charge in [0.15, 0.2) is 6.61 Å². The third-order valence-electron chi connectivity index (χ3n) is 6.40. The maximum absolute atomic E-state index is 12.5. The molecule has 6 atom stereocenters. The molecule has 2 saturated heterocycles. The van der Waals surface area contributed by atoms with E-state index in [0.717, 1.165) is 32.4 Å². The van der Waals surface area contributed by atoms with Gasteiger partial charge in [-0.1, -0.05) is 6.42 Å². The van der Waals surface area contributed by atoms with E-state index in [-0.39, 0.29) is 13.0 Å². The minimum absolute atomic E-state index is 0.0694. The van der Waals surface area contributed by atoms with Gasteiger partial charge in [-0.15, -0.1) is 0 Å². The summed E-state index contributed by atoms with van der Waals surface area (Å²) in [6, 6.07) is -0.646. The molecule has 0 amide bonds. The molecule has 8 nitrogen and oxygen atoms in total. The Hall–Kier alpha value is -1.40. The Labute approximate surface area is 166 Å². The average molecular weight is 440 g/mol. The number of ether oxygens (including phenoxy) is 2. The van der Waals surface area contributed by atoms with Crippen LogP contribution in [0.2, 0.25) is 0 Å². The van der Waals surface area contributed by atoms with E-state index in [2.05, 4.69) is 9.46 Å². The van der Waals surface area contributed by atoms with E-state index in [0.29, 0.717) is 0 Å². The fraction of sp³-hybridized carbons (Fsp3) is 0.882. The maximum atomic E-state index is 12.5. The predicted molar refractivity (Wildman–Crippen MR) is 91.9 cm³/mol. The van der Waals surface area contributed by atoms with E-state index < -0.39 is 69.9 Å². The molecule has 0 aromatic rings. The number of nitrogens with one attached hydrogen (secondary N) is 1. The summed E-state index contributed by atoms with van der Waals surface area (Å²) in [4.78, 5) is 26.7. The van der Waals surface area contributed by atoms with Gasteiger partial charge in [0.05, 0.1) is 23.8 Å². The van der Waals surface area contributed by atoms with Gasteiger partial charge in [0.2, 0.25) is 10.0 Å². The summed E-state index contributed by atoms with van der Waals surface area (Å²) in [6.45, 7) is -0.157. The highest BCUT2D eigenvalue weighted by atomic mass is 32.2. The van der Waals surface area contributed by atoms with Gasteiger partial charge in [0.25, 0.3) is 0 Å². The van der Waals surface area contributed by atoms with Crippen LogP contribution in [0.15, 0.2) is 0 Å². The van der Waals surface area contributed by atoms with E-state index in [9.17, 15) is 31.2 Å². The zero-order valence-corrected chi connectivity index (χ0v) is 16.4. The topological polar surface area (TPSA) is 102 Å². The number of alkyl halides is 3. The number of nitrogens with zero attached hydrogens (tertiary/aromatic N) is 1. The van der Waals surface area contributed by atoms with E-state index >= 15 is 0 Å². The summed E-state index contributed by atoms with van der Waals surface area (Å²) in [5.74, 6) is -4.16. The van der Waals surface area contributed by atoms with Gasteiger partial charge >= 0.3 is 18.1 Å². The summed E-state index contributed by atoms with van der Waals surface area (Å²) in [6.07, 6.45) is -2.23. The number of carbonyl (C=O) groups excluding carboxylic acids is 2. The molecule has 1 N–H and O–H groups in total. The van der Waals surface area contributed by atoms with Crippen LogP contribution in [0.5, 0.6) is 0 Å². The molecule has 2 aliphatic carbocycles. The predicted octanol–water partition coefficient (Wildman–Crippen LogP) is 0.426. The van der Waals surface area contributed by atoms with Crippen molar-refractivity contribution in [3.63, 3.8) is 0 Å². The Bertz CT molecular complexity index is 783. The van der Waals surface area contributed by atoms with Crippen LogP contribution in [-0.4, -0.2) is 75.1 Å². The van der Waals surface area contributed by atoms with Crippen LogP contribution in [0, 0.1) is 17.8 Å². The molecule has 2 aliphatic heterocycles. The number of sulfonamides is 1. The van der Waals surface area contributed by atoms with Crippen LogP contribution in [0.1, 0.15) is 25.7 Å². The van der Waals surface area contributed by atoms with Crippen molar-refractivity contribution in [1.82, 2.24) is 9.62 Å². The van der Waals surface area contributed by atoms with Crippen LogP contribution < -0.4 is 4.72 Å². The first kappa shape index (κ1) is 20.9. The van der Waals surface area contributed by atoms with Gasteiger partial charge in [0.1, 0.15) is 6.10 Å². The fourth-order valence-electron chi connectivity index (χ4n) is 5.36. The van der Waals surface area contributed by atoms with E-state index in [1.54, 1.807) is 0 Å². The quantitative estimate of drug-likeness (QED) is 0.619. The summed E-state index contributed by atoms with van der Waals surface area (Å²) in [5, 5.41) is -1.14. The molecule has 0 aromatic carbocycles. The highest BCUT2D eigenvalue weighted by molar-refractivity contribution is 7.90. The Balaban J connectivity index is 1.47. The number of esters is 2. The molecule has 0 spiro atoms. The Morgan fingerprint density at radius 3 is 2.45 bits per heavy atom. The fourth-order valence-corrected chi connectivity index (χ4v) is 7.64. The summed E-state index contributed by atoms with van der Waals surface area (Å²) >= 11 is 0.